The summed E-state index contributed by atoms with van der Waals surface area (Å²) in [6.45, 7) is 0. The van der Waals surface area contributed by atoms with Gasteiger partial charge in [0.15, 0.2) is 0 Å². The lowest BCUT2D eigenvalue weighted by molar-refractivity contribution is 0.279. The maximum absolute atomic E-state index is 6.75. The number of hydrogen-bond acceptors (Lipinski definition) is 2. The average Bonchev–Trinajstić information content (AvgIpc) is 3.20. The monoisotopic (exact) mass is 333 g/mol. The average molecular weight is 334 g/mol. The third-order valence-electron chi connectivity index (χ3n) is 4.75. The van der Waals surface area contributed by atoms with Crippen LogP contribution in [0.15, 0.2) is 22.7 Å². The van der Waals surface area contributed by atoms with Gasteiger partial charge in [-0.15, -0.1) is 0 Å². The molecule has 0 amide bonds. The van der Waals surface area contributed by atoms with Crippen LogP contribution in [-0.4, -0.2) is 9.55 Å². The number of nitrogens with two attached hydrogens (primary N) is 1. The van der Waals surface area contributed by atoms with E-state index in [1.165, 1.54) is 37.6 Å². The SMILES string of the molecule is NC1(c2nc3cc(Br)ccc3n2C2CC2)CCCCC1. The number of fused-ring (bicyclic) bond motifs is 1. The van der Waals surface area contributed by atoms with Crippen LogP contribution in [0.2, 0.25) is 0 Å². The molecule has 1 heterocycles. The van der Waals surface area contributed by atoms with Crippen molar-refractivity contribution in [2.24, 2.45) is 5.73 Å². The summed E-state index contributed by atoms with van der Waals surface area (Å²) in [6.07, 6.45) is 8.46. The summed E-state index contributed by atoms with van der Waals surface area (Å²) in [6, 6.07) is 7.03. The molecule has 1 aromatic heterocycles. The largest absolute Gasteiger partial charge is 0.323 e. The minimum absolute atomic E-state index is 0.216. The zero-order valence-electron chi connectivity index (χ0n) is 11.6. The van der Waals surface area contributed by atoms with E-state index in [0.29, 0.717) is 6.04 Å². The predicted octanol–water partition coefficient (Wildman–Crippen LogP) is 4.25. The van der Waals surface area contributed by atoms with Crippen LogP contribution in [-0.2, 0) is 5.54 Å². The van der Waals surface area contributed by atoms with Gasteiger partial charge in [0, 0.05) is 10.5 Å². The van der Waals surface area contributed by atoms with Gasteiger partial charge in [-0.3, -0.25) is 0 Å². The number of benzene rings is 1. The summed E-state index contributed by atoms with van der Waals surface area (Å²) >= 11 is 3.55. The van der Waals surface area contributed by atoms with Crippen LogP contribution in [0.5, 0.6) is 0 Å². The highest BCUT2D eigenvalue weighted by Gasteiger charge is 2.38. The second kappa shape index (κ2) is 4.57. The maximum Gasteiger partial charge on any atom is 0.130 e. The summed E-state index contributed by atoms with van der Waals surface area (Å²) < 4.78 is 3.53. The molecule has 0 unspecified atom stereocenters. The molecule has 0 saturated heterocycles. The number of aromatic nitrogens is 2. The Balaban J connectivity index is 1.91. The zero-order valence-corrected chi connectivity index (χ0v) is 13.2. The van der Waals surface area contributed by atoms with E-state index in [1.54, 1.807) is 0 Å². The molecule has 2 aliphatic carbocycles. The topological polar surface area (TPSA) is 43.8 Å². The van der Waals surface area contributed by atoms with Crippen LogP contribution in [0.3, 0.4) is 0 Å². The Morgan fingerprint density at radius 1 is 1.20 bits per heavy atom. The van der Waals surface area contributed by atoms with Crippen molar-refractivity contribution in [1.82, 2.24) is 9.55 Å². The van der Waals surface area contributed by atoms with Crippen LogP contribution in [0.25, 0.3) is 11.0 Å². The molecule has 4 heteroatoms. The fraction of sp³-hybridized carbons (Fsp3) is 0.562. The lowest BCUT2D eigenvalue weighted by Crippen LogP contribution is -2.41. The molecule has 3 nitrogen and oxygen atoms in total. The molecule has 20 heavy (non-hydrogen) atoms. The van der Waals surface area contributed by atoms with Crippen molar-refractivity contribution < 1.29 is 0 Å². The molecular weight excluding hydrogens is 314 g/mol. The number of rotatable bonds is 2. The second-order valence-corrected chi connectivity index (χ2v) is 7.30. The smallest absolute Gasteiger partial charge is 0.130 e. The molecule has 0 bridgehead atoms. The van der Waals surface area contributed by atoms with E-state index in [2.05, 4.69) is 38.7 Å². The normalized spacial score (nSPS) is 22.3. The van der Waals surface area contributed by atoms with Gasteiger partial charge in [0.2, 0.25) is 0 Å². The van der Waals surface area contributed by atoms with E-state index in [1.807, 2.05) is 0 Å². The van der Waals surface area contributed by atoms with Crippen molar-refractivity contribution in [1.29, 1.82) is 0 Å². The van der Waals surface area contributed by atoms with Crippen LogP contribution in [0.1, 0.15) is 56.8 Å². The molecule has 0 atom stereocenters. The minimum Gasteiger partial charge on any atom is -0.323 e. The minimum atomic E-state index is -0.216. The van der Waals surface area contributed by atoms with Crippen molar-refractivity contribution in [2.45, 2.75) is 56.5 Å². The molecule has 0 radical (unpaired) electrons. The lowest BCUT2D eigenvalue weighted by atomic mass is 9.82. The summed E-state index contributed by atoms with van der Waals surface area (Å²) in [5.74, 6) is 1.13. The number of imidazole rings is 1. The summed E-state index contributed by atoms with van der Waals surface area (Å²) in [5, 5.41) is 0. The van der Waals surface area contributed by atoms with Crippen LogP contribution < -0.4 is 5.73 Å². The molecule has 2 saturated carbocycles. The first-order valence-electron chi connectivity index (χ1n) is 7.64. The number of halogens is 1. The van der Waals surface area contributed by atoms with Crippen molar-refractivity contribution in [2.75, 3.05) is 0 Å². The quantitative estimate of drug-likeness (QED) is 0.892. The van der Waals surface area contributed by atoms with E-state index in [0.717, 1.165) is 28.7 Å². The summed E-state index contributed by atoms with van der Waals surface area (Å²) in [4.78, 5) is 4.94. The Kier molecular flexibility index (Phi) is 2.93. The van der Waals surface area contributed by atoms with Gasteiger partial charge in [0.1, 0.15) is 5.82 Å². The van der Waals surface area contributed by atoms with Gasteiger partial charge in [-0.2, -0.15) is 0 Å². The van der Waals surface area contributed by atoms with Crippen molar-refractivity contribution in [3.63, 3.8) is 0 Å². The zero-order chi connectivity index (χ0) is 13.7. The van der Waals surface area contributed by atoms with E-state index >= 15 is 0 Å². The molecule has 2 fully saturated rings. The second-order valence-electron chi connectivity index (χ2n) is 6.39. The molecule has 106 valence electrons. The third kappa shape index (κ3) is 2.01. The van der Waals surface area contributed by atoms with E-state index in [-0.39, 0.29) is 5.54 Å². The number of hydrogen-bond donors (Lipinski definition) is 1. The van der Waals surface area contributed by atoms with Gasteiger partial charge in [-0.05, 0) is 43.9 Å². The molecule has 1 aromatic carbocycles. The predicted molar refractivity (Wildman–Crippen MR) is 84.7 cm³/mol. The third-order valence-corrected chi connectivity index (χ3v) is 5.25. The van der Waals surface area contributed by atoms with Gasteiger partial charge in [0.25, 0.3) is 0 Å². The van der Waals surface area contributed by atoms with Gasteiger partial charge in [0.05, 0.1) is 16.6 Å². The Morgan fingerprint density at radius 3 is 2.65 bits per heavy atom. The van der Waals surface area contributed by atoms with Gasteiger partial charge in [-0.25, -0.2) is 4.98 Å². The van der Waals surface area contributed by atoms with Gasteiger partial charge < -0.3 is 10.3 Å². The maximum atomic E-state index is 6.75. The Bertz CT molecular complexity index is 651. The van der Waals surface area contributed by atoms with Crippen molar-refractivity contribution in [3.05, 3.63) is 28.5 Å². The first-order chi connectivity index (χ1) is 9.67. The van der Waals surface area contributed by atoms with E-state index in [4.69, 9.17) is 10.7 Å². The lowest BCUT2D eigenvalue weighted by Gasteiger charge is -2.33. The summed E-state index contributed by atoms with van der Waals surface area (Å²) in [5.41, 5.74) is 8.87. The Hall–Kier alpha value is -0.870. The molecule has 2 aromatic rings. The first kappa shape index (κ1) is 12.8. The van der Waals surface area contributed by atoms with Crippen LogP contribution in [0.4, 0.5) is 0 Å². The van der Waals surface area contributed by atoms with Gasteiger partial charge in [-0.1, -0.05) is 35.2 Å². The highest BCUT2D eigenvalue weighted by atomic mass is 79.9. The van der Waals surface area contributed by atoms with E-state index < -0.39 is 0 Å². The summed E-state index contributed by atoms with van der Waals surface area (Å²) in [7, 11) is 0. The Morgan fingerprint density at radius 2 is 1.95 bits per heavy atom. The highest BCUT2D eigenvalue weighted by Crippen LogP contribution is 2.43. The van der Waals surface area contributed by atoms with Gasteiger partial charge >= 0.3 is 0 Å². The molecule has 0 spiro atoms. The fourth-order valence-corrected chi connectivity index (χ4v) is 3.88. The van der Waals surface area contributed by atoms with Crippen molar-refractivity contribution in [3.8, 4) is 0 Å². The molecular formula is C16H20BrN3. The molecule has 0 aliphatic heterocycles. The standard InChI is InChI=1S/C16H20BrN3/c17-11-4-7-14-13(10-11)19-15(20(14)12-5-6-12)16(18)8-2-1-3-9-16/h4,7,10,12H,1-3,5-6,8-9,18H2. The first-order valence-corrected chi connectivity index (χ1v) is 8.43. The molecule has 2 aliphatic rings. The van der Waals surface area contributed by atoms with E-state index in [9.17, 15) is 0 Å². The highest BCUT2D eigenvalue weighted by molar-refractivity contribution is 9.10. The molecule has 4 rings (SSSR count). The van der Waals surface area contributed by atoms with Crippen LogP contribution in [0, 0.1) is 0 Å². The Labute approximate surface area is 127 Å². The molecule has 2 N–H and O–H groups in total. The van der Waals surface area contributed by atoms with Crippen molar-refractivity contribution >= 4 is 27.0 Å². The van der Waals surface area contributed by atoms with Crippen LogP contribution >= 0.6 is 15.9 Å². The fourth-order valence-electron chi connectivity index (χ4n) is 3.53. The number of nitrogens with zero attached hydrogens (tertiary/aromatic N) is 2.